The van der Waals surface area contributed by atoms with Gasteiger partial charge in [0.05, 0.1) is 16.6 Å². The summed E-state index contributed by atoms with van der Waals surface area (Å²) in [4.78, 5) is 18.4. The molecule has 1 saturated carbocycles. The van der Waals surface area contributed by atoms with Gasteiger partial charge in [0, 0.05) is 12.6 Å². The van der Waals surface area contributed by atoms with Crippen molar-refractivity contribution in [2.75, 3.05) is 0 Å². The molecule has 1 N–H and O–H groups in total. The van der Waals surface area contributed by atoms with Crippen LogP contribution in [0.2, 0.25) is 0 Å². The van der Waals surface area contributed by atoms with E-state index in [1.165, 1.54) is 4.90 Å². The van der Waals surface area contributed by atoms with Gasteiger partial charge in [-0.1, -0.05) is 42.5 Å². The van der Waals surface area contributed by atoms with E-state index in [1.54, 1.807) is 24.3 Å². The number of benzene rings is 2. The number of hydrogen-bond acceptors (Lipinski definition) is 4. The maximum atomic E-state index is 13.9. The van der Waals surface area contributed by atoms with Crippen LogP contribution in [0.3, 0.4) is 0 Å². The first-order valence-electron chi connectivity index (χ1n) is 9.26. The van der Waals surface area contributed by atoms with E-state index in [0.29, 0.717) is 10.2 Å². The summed E-state index contributed by atoms with van der Waals surface area (Å²) in [5.41, 5.74) is -2.12. The first-order chi connectivity index (χ1) is 13.8. The summed E-state index contributed by atoms with van der Waals surface area (Å²) in [6, 6.07) is 15.6. The van der Waals surface area contributed by atoms with Crippen molar-refractivity contribution < 1.29 is 23.1 Å². The van der Waals surface area contributed by atoms with Gasteiger partial charge in [0.1, 0.15) is 5.01 Å². The average molecular weight is 420 g/mol. The molecule has 1 aliphatic rings. The van der Waals surface area contributed by atoms with Crippen LogP contribution in [0.1, 0.15) is 29.8 Å². The smallest absolute Gasteiger partial charge is 0.374 e. The van der Waals surface area contributed by atoms with Gasteiger partial charge in [-0.2, -0.15) is 13.2 Å². The zero-order valence-electron chi connectivity index (χ0n) is 15.4. The Labute approximate surface area is 169 Å². The Morgan fingerprint density at radius 3 is 2.38 bits per heavy atom. The van der Waals surface area contributed by atoms with Crippen LogP contribution in [0.15, 0.2) is 54.6 Å². The van der Waals surface area contributed by atoms with Crippen molar-refractivity contribution in [1.29, 1.82) is 0 Å². The Bertz CT molecular complexity index is 984. The molecule has 1 unspecified atom stereocenters. The van der Waals surface area contributed by atoms with Crippen molar-refractivity contribution in [3.05, 3.63) is 65.2 Å². The molecule has 1 fully saturated rings. The van der Waals surface area contributed by atoms with E-state index < -0.39 is 29.1 Å². The molecule has 3 aromatic rings. The van der Waals surface area contributed by atoms with E-state index in [0.717, 1.165) is 29.7 Å². The molecule has 8 heteroatoms. The van der Waals surface area contributed by atoms with Crippen LogP contribution in [0.5, 0.6) is 0 Å². The number of aromatic nitrogens is 1. The van der Waals surface area contributed by atoms with Gasteiger partial charge < -0.3 is 10.0 Å². The quantitative estimate of drug-likeness (QED) is 0.633. The third-order valence-corrected chi connectivity index (χ3v) is 6.21. The molecular weight excluding hydrogens is 401 g/mol. The number of para-hydroxylation sites is 1. The van der Waals surface area contributed by atoms with Gasteiger partial charge in [0.15, 0.2) is 0 Å². The van der Waals surface area contributed by atoms with Gasteiger partial charge in [-0.15, -0.1) is 11.3 Å². The van der Waals surface area contributed by atoms with E-state index >= 15 is 0 Å². The number of thiazole rings is 1. The van der Waals surface area contributed by atoms with Gasteiger partial charge in [-0.05, 0) is 30.5 Å². The number of alkyl halides is 3. The van der Waals surface area contributed by atoms with E-state index in [-0.39, 0.29) is 12.6 Å². The zero-order valence-corrected chi connectivity index (χ0v) is 16.2. The standard InChI is InChI=1S/C21H19F3N2O2S/c22-21(23,24)20(28,19-25-16-8-4-5-9-17(16)29-19)12-18(27)26(15-10-11-15)13-14-6-2-1-3-7-14/h1-9,15,28H,10-13H2. The molecule has 2 aromatic carbocycles. The average Bonchev–Trinajstić information content (AvgIpc) is 3.43. The highest BCUT2D eigenvalue weighted by Crippen LogP contribution is 2.45. The van der Waals surface area contributed by atoms with Crippen LogP contribution in [-0.2, 0) is 16.9 Å². The minimum atomic E-state index is -5.03. The van der Waals surface area contributed by atoms with Gasteiger partial charge in [0.25, 0.3) is 0 Å². The number of carbonyl (C=O) groups excluding carboxylic acids is 1. The van der Waals surface area contributed by atoms with E-state index in [1.807, 2.05) is 30.3 Å². The molecule has 0 bridgehead atoms. The Kier molecular flexibility index (Phi) is 5.08. The van der Waals surface area contributed by atoms with Crippen molar-refractivity contribution in [2.45, 2.75) is 43.6 Å². The summed E-state index contributed by atoms with van der Waals surface area (Å²) in [6.07, 6.45) is -4.60. The second-order valence-electron chi connectivity index (χ2n) is 7.26. The molecule has 1 amide bonds. The molecule has 0 radical (unpaired) electrons. The monoisotopic (exact) mass is 420 g/mol. The predicted octanol–water partition coefficient (Wildman–Crippen LogP) is 4.63. The number of hydrogen-bond donors (Lipinski definition) is 1. The molecule has 0 saturated heterocycles. The molecule has 0 spiro atoms. The lowest BCUT2D eigenvalue weighted by atomic mass is 9.98. The summed E-state index contributed by atoms with van der Waals surface area (Å²) in [5, 5.41) is 10.2. The van der Waals surface area contributed by atoms with Crippen LogP contribution >= 0.6 is 11.3 Å². The maximum absolute atomic E-state index is 13.9. The fourth-order valence-corrected chi connectivity index (χ4v) is 4.33. The van der Waals surface area contributed by atoms with E-state index in [2.05, 4.69) is 4.98 Å². The van der Waals surface area contributed by atoms with Crippen molar-refractivity contribution in [3.63, 3.8) is 0 Å². The maximum Gasteiger partial charge on any atom is 0.424 e. The topological polar surface area (TPSA) is 53.4 Å². The Balaban J connectivity index is 1.64. The summed E-state index contributed by atoms with van der Waals surface area (Å²) in [6.45, 7) is 0.220. The first kappa shape index (κ1) is 19.8. The number of amides is 1. The summed E-state index contributed by atoms with van der Waals surface area (Å²) >= 11 is 0.761. The molecule has 1 atom stereocenters. The molecule has 4 nitrogen and oxygen atoms in total. The van der Waals surface area contributed by atoms with Gasteiger partial charge in [0.2, 0.25) is 11.5 Å². The Morgan fingerprint density at radius 1 is 1.10 bits per heavy atom. The fourth-order valence-electron chi connectivity index (χ4n) is 3.25. The second-order valence-corrected chi connectivity index (χ2v) is 8.29. The van der Waals surface area contributed by atoms with Crippen molar-refractivity contribution in [3.8, 4) is 0 Å². The van der Waals surface area contributed by atoms with Gasteiger partial charge in [-0.3, -0.25) is 4.79 Å². The van der Waals surface area contributed by atoms with Crippen molar-refractivity contribution in [2.24, 2.45) is 0 Å². The first-order valence-corrected chi connectivity index (χ1v) is 10.1. The van der Waals surface area contributed by atoms with Crippen LogP contribution in [0.25, 0.3) is 10.2 Å². The zero-order chi connectivity index (χ0) is 20.6. The number of halogens is 3. The molecule has 1 aromatic heterocycles. The lowest BCUT2D eigenvalue weighted by molar-refractivity contribution is -0.268. The second kappa shape index (κ2) is 7.42. The largest absolute Gasteiger partial charge is 0.424 e. The molecule has 4 rings (SSSR count). The lowest BCUT2D eigenvalue weighted by Crippen LogP contribution is -2.47. The number of nitrogens with zero attached hydrogens (tertiary/aromatic N) is 2. The summed E-state index contributed by atoms with van der Waals surface area (Å²) in [5.74, 6) is -0.726. The number of aliphatic hydroxyl groups is 1. The Hall–Kier alpha value is -2.45. The SMILES string of the molecule is O=C(CC(O)(c1nc2ccccc2s1)C(F)(F)F)N(Cc1ccccc1)C1CC1. The highest BCUT2D eigenvalue weighted by molar-refractivity contribution is 7.18. The third kappa shape index (κ3) is 4.00. The highest BCUT2D eigenvalue weighted by Gasteiger charge is 2.59. The molecule has 1 heterocycles. The van der Waals surface area contributed by atoms with Gasteiger partial charge >= 0.3 is 6.18 Å². The van der Waals surface area contributed by atoms with Crippen LogP contribution < -0.4 is 0 Å². The normalized spacial score (nSPS) is 16.6. The minimum absolute atomic E-state index is 0.0874. The van der Waals surface area contributed by atoms with Crippen LogP contribution in [-0.4, -0.2) is 33.1 Å². The fraction of sp³-hybridized carbons (Fsp3) is 0.333. The summed E-state index contributed by atoms with van der Waals surface area (Å²) in [7, 11) is 0. The molecular formula is C21H19F3N2O2S. The van der Waals surface area contributed by atoms with Gasteiger partial charge in [-0.25, -0.2) is 4.98 Å². The third-order valence-electron chi connectivity index (χ3n) is 5.03. The number of carbonyl (C=O) groups is 1. The number of fused-ring (bicyclic) bond motifs is 1. The molecule has 0 aliphatic heterocycles. The minimum Gasteiger partial charge on any atom is -0.374 e. The number of rotatable bonds is 6. The van der Waals surface area contributed by atoms with Crippen molar-refractivity contribution in [1.82, 2.24) is 9.88 Å². The van der Waals surface area contributed by atoms with E-state index in [9.17, 15) is 23.1 Å². The highest BCUT2D eigenvalue weighted by atomic mass is 32.1. The van der Waals surface area contributed by atoms with Crippen LogP contribution in [0, 0.1) is 0 Å². The predicted molar refractivity (Wildman–Crippen MR) is 104 cm³/mol. The molecule has 152 valence electrons. The lowest BCUT2D eigenvalue weighted by Gasteiger charge is -2.31. The van der Waals surface area contributed by atoms with Crippen LogP contribution in [0.4, 0.5) is 13.2 Å². The summed E-state index contributed by atoms with van der Waals surface area (Å²) < 4.78 is 42.3. The molecule has 1 aliphatic carbocycles. The Morgan fingerprint density at radius 2 is 1.76 bits per heavy atom. The van der Waals surface area contributed by atoms with E-state index in [4.69, 9.17) is 0 Å². The van der Waals surface area contributed by atoms with Crippen molar-refractivity contribution >= 4 is 27.5 Å². The molecule has 29 heavy (non-hydrogen) atoms.